The van der Waals surface area contributed by atoms with Gasteiger partial charge in [0.15, 0.2) is 5.96 Å². The number of aromatic nitrogens is 2. The van der Waals surface area contributed by atoms with Crippen molar-refractivity contribution in [1.29, 1.82) is 0 Å². The fraction of sp³-hybridized carbons (Fsp3) is 0.765. The fourth-order valence-electron chi connectivity index (χ4n) is 2.77. The number of likely N-dealkylation sites (N-methyl/N-ethyl adjacent to an activating group) is 1. The Morgan fingerprint density at radius 1 is 1.22 bits per heavy atom. The Kier molecular flexibility index (Phi) is 8.09. The highest BCUT2D eigenvalue weighted by Gasteiger charge is 2.11. The number of aliphatic imine (C=N–C) groups is 1. The summed E-state index contributed by atoms with van der Waals surface area (Å²) in [6.07, 6.45) is 0. The van der Waals surface area contributed by atoms with Gasteiger partial charge in [-0.05, 0) is 40.8 Å². The van der Waals surface area contributed by atoms with Crippen molar-refractivity contribution >= 4 is 5.96 Å². The second kappa shape index (κ2) is 9.55. The maximum Gasteiger partial charge on any atom is 0.191 e. The molecule has 1 heterocycles. The molecule has 0 radical (unpaired) electrons. The summed E-state index contributed by atoms with van der Waals surface area (Å²) < 4.78 is 1.92. The van der Waals surface area contributed by atoms with Crippen molar-refractivity contribution in [1.82, 2.24) is 25.3 Å². The van der Waals surface area contributed by atoms with E-state index >= 15 is 0 Å². The van der Waals surface area contributed by atoms with E-state index in [0.717, 1.165) is 37.8 Å². The van der Waals surface area contributed by atoms with Crippen LogP contribution in [0.2, 0.25) is 0 Å². The smallest absolute Gasteiger partial charge is 0.191 e. The number of rotatable bonds is 8. The molecule has 0 aliphatic heterocycles. The Balaban J connectivity index is 2.70. The quantitative estimate of drug-likeness (QED) is 0.566. The van der Waals surface area contributed by atoms with Gasteiger partial charge in [0.25, 0.3) is 0 Å². The lowest BCUT2D eigenvalue weighted by atomic mass is 10.2. The van der Waals surface area contributed by atoms with Crippen molar-refractivity contribution in [2.24, 2.45) is 12.0 Å². The van der Waals surface area contributed by atoms with Gasteiger partial charge in [-0.3, -0.25) is 9.58 Å². The molecule has 1 atom stereocenters. The first-order valence-corrected chi connectivity index (χ1v) is 8.69. The van der Waals surface area contributed by atoms with E-state index in [-0.39, 0.29) is 0 Å². The first-order chi connectivity index (χ1) is 10.9. The van der Waals surface area contributed by atoms with Gasteiger partial charge in [0.05, 0.1) is 12.2 Å². The summed E-state index contributed by atoms with van der Waals surface area (Å²) in [5.41, 5.74) is 3.45. The molecular weight excluding hydrogens is 288 g/mol. The van der Waals surface area contributed by atoms with Crippen molar-refractivity contribution in [3.63, 3.8) is 0 Å². The minimum atomic E-state index is 0.482. The molecule has 132 valence electrons. The maximum atomic E-state index is 4.72. The summed E-state index contributed by atoms with van der Waals surface area (Å²) >= 11 is 0. The molecule has 0 saturated heterocycles. The summed E-state index contributed by atoms with van der Waals surface area (Å²) in [5.74, 6) is 0.870. The average Bonchev–Trinajstić information content (AvgIpc) is 2.76. The highest BCUT2D eigenvalue weighted by molar-refractivity contribution is 5.79. The van der Waals surface area contributed by atoms with Crippen LogP contribution in [0.25, 0.3) is 0 Å². The molecule has 1 aromatic rings. The summed E-state index contributed by atoms with van der Waals surface area (Å²) in [5, 5.41) is 11.2. The molecule has 0 amide bonds. The van der Waals surface area contributed by atoms with Gasteiger partial charge in [-0.1, -0.05) is 13.8 Å². The van der Waals surface area contributed by atoms with E-state index in [1.165, 1.54) is 11.3 Å². The monoisotopic (exact) mass is 322 g/mol. The van der Waals surface area contributed by atoms with Crippen LogP contribution in [-0.4, -0.2) is 52.9 Å². The first kappa shape index (κ1) is 19.5. The highest BCUT2D eigenvalue weighted by atomic mass is 15.3. The Hall–Kier alpha value is -1.56. The molecule has 1 unspecified atom stereocenters. The van der Waals surface area contributed by atoms with Crippen LogP contribution in [0.3, 0.4) is 0 Å². The van der Waals surface area contributed by atoms with Crippen molar-refractivity contribution in [3.05, 3.63) is 17.0 Å². The molecule has 1 rings (SSSR count). The zero-order chi connectivity index (χ0) is 17.4. The minimum absolute atomic E-state index is 0.482. The van der Waals surface area contributed by atoms with Gasteiger partial charge in [-0.2, -0.15) is 5.10 Å². The van der Waals surface area contributed by atoms with E-state index in [0.29, 0.717) is 12.6 Å². The van der Waals surface area contributed by atoms with E-state index in [1.54, 1.807) is 0 Å². The lowest BCUT2D eigenvalue weighted by Crippen LogP contribution is -2.46. The molecule has 0 aromatic carbocycles. The molecule has 2 N–H and O–H groups in total. The van der Waals surface area contributed by atoms with Crippen LogP contribution in [0.1, 0.15) is 44.6 Å². The maximum absolute atomic E-state index is 4.72. The third kappa shape index (κ3) is 5.53. The zero-order valence-corrected chi connectivity index (χ0v) is 15.9. The summed E-state index contributed by atoms with van der Waals surface area (Å²) in [6, 6.07) is 0.482. The second-order valence-electron chi connectivity index (χ2n) is 5.92. The molecule has 0 saturated carbocycles. The molecule has 23 heavy (non-hydrogen) atoms. The lowest BCUT2D eigenvalue weighted by molar-refractivity contribution is 0.231. The molecule has 6 heteroatoms. The first-order valence-electron chi connectivity index (χ1n) is 8.69. The van der Waals surface area contributed by atoms with Crippen molar-refractivity contribution in [2.45, 2.75) is 54.1 Å². The number of nitrogens with zero attached hydrogens (tertiary/aromatic N) is 4. The van der Waals surface area contributed by atoms with Crippen LogP contribution < -0.4 is 10.6 Å². The topological polar surface area (TPSA) is 57.5 Å². The third-order valence-corrected chi connectivity index (χ3v) is 4.40. The minimum Gasteiger partial charge on any atom is -0.357 e. The Bertz CT molecular complexity index is 501. The highest BCUT2D eigenvalue weighted by Crippen LogP contribution is 2.12. The Morgan fingerprint density at radius 2 is 1.87 bits per heavy atom. The van der Waals surface area contributed by atoms with Crippen LogP contribution in [-0.2, 0) is 13.6 Å². The summed E-state index contributed by atoms with van der Waals surface area (Å²) in [7, 11) is 1.98. The molecular formula is C17H34N6. The SMILES string of the molecule is CCNC(=NCc1c(C)nn(C)c1C)NCC(C)N(CC)CC. The van der Waals surface area contributed by atoms with Crippen LogP contribution in [0.5, 0.6) is 0 Å². The number of guanidine groups is 1. The van der Waals surface area contributed by atoms with Gasteiger partial charge in [-0.15, -0.1) is 0 Å². The molecule has 1 aromatic heterocycles. The number of hydrogen-bond acceptors (Lipinski definition) is 3. The van der Waals surface area contributed by atoms with E-state index in [9.17, 15) is 0 Å². The van der Waals surface area contributed by atoms with Crippen LogP contribution in [0.4, 0.5) is 0 Å². The van der Waals surface area contributed by atoms with Crippen molar-refractivity contribution in [2.75, 3.05) is 26.2 Å². The predicted octanol–water partition coefficient (Wildman–Crippen LogP) is 1.82. The van der Waals surface area contributed by atoms with E-state index in [2.05, 4.69) is 55.3 Å². The standard InChI is InChI=1S/C17H34N6/c1-8-18-17(19-11-13(4)23(9-2)10-3)20-12-16-14(5)21-22(7)15(16)6/h13H,8-12H2,1-7H3,(H2,18,19,20). The largest absolute Gasteiger partial charge is 0.357 e. The molecule has 0 aliphatic rings. The van der Waals surface area contributed by atoms with Gasteiger partial charge in [-0.25, -0.2) is 4.99 Å². The molecule has 0 fully saturated rings. The Labute approximate surface area is 141 Å². The van der Waals surface area contributed by atoms with Gasteiger partial charge < -0.3 is 10.6 Å². The van der Waals surface area contributed by atoms with Gasteiger partial charge in [0, 0.05) is 37.4 Å². The van der Waals surface area contributed by atoms with E-state index in [4.69, 9.17) is 4.99 Å². The Morgan fingerprint density at radius 3 is 2.35 bits per heavy atom. The van der Waals surface area contributed by atoms with Crippen LogP contribution in [0.15, 0.2) is 4.99 Å². The van der Waals surface area contributed by atoms with Crippen LogP contribution >= 0.6 is 0 Å². The van der Waals surface area contributed by atoms with Gasteiger partial charge in [0.2, 0.25) is 0 Å². The van der Waals surface area contributed by atoms with E-state index in [1.807, 2.05) is 18.7 Å². The molecule has 0 bridgehead atoms. The summed E-state index contributed by atoms with van der Waals surface area (Å²) in [6.45, 7) is 17.4. The molecule has 0 aliphatic carbocycles. The number of aryl methyl sites for hydroxylation is 2. The second-order valence-corrected chi connectivity index (χ2v) is 5.92. The number of nitrogens with one attached hydrogen (secondary N) is 2. The third-order valence-electron chi connectivity index (χ3n) is 4.40. The normalized spacial score (nSPS) is 13.5. The van der Waals surface area contributed by atoms with Gasteiger partial charge in [0.1, 0.15) is 0 Å². The van der Waals surface area contributed by atoms with Crippen LogP contribution in [0, 0.1) is 13.8 Å². The lowest BCUT2D eigenvalue weighted by Gasteiger charge is -2.27. The predicted molar refractivity (Wildman–Crippen MR) is 97.9 cm³/mol. The summed E-state index contributed by atoms with van der Waals surface area (Å²) in [4.78, 5) is 7.16. The zero-order valence-electron chi connectivity index (χ0n) is 15.9. The average molecular weight is 323 g/mol. The van der Waals surface area contributed by atoms with Gasteiger partial charge >= 0.3 is 0 Å². The molecule has 6 nitrogen and oxygen atoms in total. The van der Waals surface area contributed by atoms with Crippen molar-refractivity contribution < 1.29 is 0 Å². The van der Waals surface area contributed by atoms with Crippen molar-refractivity contribution in [3.8, 4) is 0 Å². The number of hydrogen-bond donors (Lipinski definition) is 2. The fourth-order valence-corrected chi connectivity index (χ4v) is 2.77. The molecule has 0 spiro atoms. The van der Waals surface area contributed by atoms with E-state index < -0.39 is 0 Å².